The maximum absolute atomic E-state index is 14.0. The molecule has 2 amide bonds. The number of anilines is 1. The quantitative estimate of drug-likeness (QED) is 0.318. The summed E-state index contributed by atoms with van der Waals surface area (Å²) in [5, 5.41) is 6.68. The number of benzene rings is 4. The molecule has 9 nitrogen and oxygen atoms in total. The van der Waals surface area contributed by atoms with Gasteiger partial charge in [0.1, 0.15) is 11.9 Å². The Balaban J connectivity index is 1.51. The van der Waals surface area contributed by atoms with Crippen LogP contribution in [0.2, 0.25) is 0 Å². The van der Waals surface area contributed by atoms with Crippen molar-refractivity contribution in [2.24, 2.45) is 5.14 Å². The van der Waals surface area contributed by atoms with Gasteiger partial charge in [0.2, 0.25) is 26.0 Å². The molecule has 1 fully saturated rings. The summed E-state index contributed by atoms with van der Waals surface area (Å²) in [6.45, 7) is -0.176. The molecule has 1 atom stereocenters. The molecule has 1 unspecified atom stereocenters. The lowest BCUT2D eigenvalue weighted by atomic mass is 10.1. The lowest BCUT2D eigenvalue weighted by molar-refractivity contribution is -0.122. The van der Waals surface area contributed by atoms with Crippen molar-refractivity contribution in [3.8, 4) is 0 Å². The van der Waals surface area contributed by atoms with E-state index in [-0.39, 0.29) is 28.4 Å². The zero-order valence-corrected chi connectivity index (χ0v) is 22.6. The van der Waals surface area contributed by atoms with Gasteiger partial charge >= 0.3 is 0 Å². The molecule has 1 aliphatic rings. The summed E-state index contributed by atoms with van der Waals surface area (Å²) in [5.41, 5.74) is 0.735. The number of halogens is 1. The minimum Gasteiger partial charge on any atom is -0.274 e. The third kappa shape index (κ3) is 5.39. The second-order valence-electron chi connectivity index (χ2n) is 9.33. The van der Waals surface area contributed by atoms with Crippen molar-refractivity contribution >= 4 is 48.3 Å². The number of hydrogen-bond acceptors (Lipinski definition) is 6. The van der Waals surface area contributed by atoms with Crippen LogP contribution in [0.25, 0.3) is 10.8 Å². The van der Waals surface area contributed by atoms with E-state index in [1.165, 1.54) is 48.5 Å². The van der Waals surface area contributed by atoms with Crippen LogP contribution in [-0.2, 0) is 36.1 Å². The fourth-order valence-electron chi connectivity index (χ4n) is 4.69. The van der Waals surface area contributed by atoms with Crippen LogP contribution >= 0.6 is 0 Å². The van der Waals surface area contributed by atoms with Gasteiger partial charge in [0, 0.05) is 6.54 Å². The largest absolute Gasteiger partial charge is 0.274 e. The zero-order chi connectivity index (χ0) is 28.7. The fraction of sp³-hybridized carbons (Fsp3) is 0.143. The Morgan fingerprint density at radius 2 is 1.45 bits per heavy atom. The van der Waals surface area contributed by atoms with E-state index >= 15 is 0 Å². The van der Waals surface area contributed by atoms with E-state index in [0.29, 0.717) is 10.9 Å². The Kier molecular flexibility index (Phi) is 7.27. The standard InChI is InChI=1S/C28H24FN3O6S2/c29-22-8-10-23(11-9-22)32-27(33)18-26(28(32)34)31(16-15-19-5-12-24(13-6-19)39(30,35)36)40(37,38)25-14-7-20-3-1-2-4-21(20)17-25/h1-14,17,26H,15-16,18H2,(H2,30,35,36). The van der Waals surface area contributed by atoms with E-state index in [0.717, 1.165) is 26.7 Å². The number of primary sulfonamides is 1. The first kappa shape index (κ1) is 27.6. The molecule has 12 heteroatoms. The highest BCUT2D eigenvalue weighted by Crippen LogP contribution is 2.31. The summed E-state index contributed by atoms with van der Waals surface area (Å²) in [7, 11) is -8.20. The van der Waals surface area contributed by atoms with Crippen LogP contribution in [0.3, 0.4) is 0 Å². The number of nitrogens with zero attached hydrogens (tertiary/aromatic N) is 2. The van der Waals surface area contributed by atoms with E-state index in [1.54, 1.807) is 18.2 Å². The first-order chi connectivity index (χ1) is 18.9. The van der Waals surface area contributed by atoms with Gasteiger partial charge in [-0.3, -0.25) is 9.59 Å². The van der Waals surface area contributed by atoms with Crippen molar-refractivity contribution in [1.29, 1.82) is 0 Å². The minimum atomic E-state index is -4.29. The van der Waals surface area contributed by atoms with Crippen molar-refractivity contribution in [2.75, 3.05) is 11.4 Å². The third-order valence-electron chi connectivity index (χ3n) is 6.76. The van der Waals surface area contributed by atoms with Gasteiger partial charge in [-0.05, 0) is 71.3 Å². The molecule has 0 radical (unpaired) electrons. The van der Waals surface area contributed by atoms with Gasteiger partial charge in [0.25, 0.3) is 5.91 Å². The van der Waals surface area contributed by atoms with E-state index < -0.39 is 50.1 Å². The Labute approximate surface area is 230 Å². The van der Waals surface area contributed by atoms with Gasteiger partial charge in [-0.1, -0.05) is 42.5 Å². The smallest absolute Gasteiger partial charge is 0.252 e. The predicted molar refractivity (Wildman–Crippen MR) is 147 cm³/mol. The van der Waals surface area contributed by atoms with E-state index in [4.69, 9.17) is 5.14 Å². The Morgan fingerprint density at radius 1 is 0.825 bits per heavy atom. The predicted octanol–water partition coefficient (Wildman–Crippen LogP) is 3.19. The molecule has 0 saturated carbocycles. The van der Waals surface area contributed by atoms with Crippen molar-refractivity contribution in [1.82, 2.24) is 4.31 Å². The molecule has 2 N–H and O–H groups in total. The number of rotatable bonds is 8. The van der Waals surface area contributed by atoms with Crippen LogP contribution in [-0.4, -0.2) is 45.5 Å². The summed E-state index contributed by atoms with van der Waals surface area (Å²) in [5.74, 6) is -1.91. The summed E-state index contributed by atoms with van der Waals surface area (Å²) in [6, 6.07) is 20.9. The number of imide groups is 1. The average molecular weight is 582 g/mol. The summed E-state index contributed by atoms with van der Waals surface area (Å²) < 4.78 is 65.7. The number of hydrogen-bond donors (Lipinski definition) is 1. The highest BCUT2D eigenvalue weighted by atomic mass is 32.2. The van der Waals surface area contributed by atoms with Crippen LogP contribution in [0.5, 0.6) is 0 Å². The number of sulfonamides is 2. The molecule has 1 heterocycles. The van der Waals surface area contributed by atoms with Crippen LogP contribution in [0.15, 0.2) is 101 Å². The minimum absolute atomic E-state index is 0.0451. The van der Waals surface area contributed by atoms with Crippen LogP contribution in [0, 0.1) is 5.82 Å². The second-order valence-corrected chi connectivity index (χ2v) is 12.8. The average Bonchev–Trinajstić information content (AvgIpc) is 3.21. The van der Waals surface area contributed by atoms with E-state index in [1.807, 2.05) is 12.1 Å². The third-order valence-corrected chi connectivity index (χ3v) is 9.59. The number of carbonyl (C=O) groups excluding carboxylic acids is 2. The SMILES string of the molecule is NS(=O)(=O)c1ccc(CCN(C2CC(=O)N(c3ccc(F)cc3)C2=O)S(=O)(=O)c2ccc3ccccc3c2)cc1. The van der Waals surface area contributed by atoms with Crippen LogP contribution in [0.1, 0.15) is 12.0 Å². The maximum atomic E-state index is 14.0. The molecule has 5 rings (SSSR count). The van der Waals surface area contributed by atoms with Crippen molar-refractivity contribution < 1.29 is 30.8 Å². The number of amides is 2. The summed E-state index contributed by atoms with van der Waals surface area (Å²) >= 11 is 0. The lowest BCUT2D eigenvalue weighted by Gasteiger charge is -2.27. The number of nitrogens with two attached hydrogens (primary N) is 1. The Morgan fingerprint density at radius 3 is 2.10 bits per heavy atom. The van der Waals surface area contributed by atoms with Gasteiger partial charge in [0.05, 0.1) is 21.9 Å². The molecular weight excluding hydrogens is 557 g/mol. The molecular formula is C28H24FN3O6S2. The normalized spacial score (nSPS) is 16.3. The maximum Gasteiger partial charge on any atom is 0.252 e. The van der Waals surface area contributed by atoms with Gasteiger partial charge in [-0.15, -0.1) is 0 Å². The highest BCUT2D eigenvalue weighted by Gasteiger charge is 2.46. The molecule has 1 aliphatic heterocycles. The molecule has 4 aromatic carbocycles. The summed E-state index contributed by atoms with van der Waals surface area (Å²) in [6.07, 6.45) is -0.278. The van der Waals surface area contributed by atoms with Gasteiger partial charge in [-0.2, -0.15) is 4.31 Å². The van der Waals surface area contributed by atoms with Crippen LogP contribution < -0.4 is 10.0 Å². The number of fused-ring (bicyclic) bond motifs is 1. The first-order valence-electron chi connectivity index (χ1n) is 12.2. The topological polar surface area (TPSA) is 135 Å². The van der Waals surface area contributed by atoms with Gasteiger partial charge in [-0.25, -0.2) is 31.3 Å². The summed E-state index contributed by atoms with van der Waals surface area (Å²) in [4.78, 5) is 27.2. The monoisotopic (exact) mass is 581 g/mol. The first-order valence-corrected chi connectivity index (χ1v) is 15.2. The molecule has 0 spiro atoms. The van der Waals surface area contributed by atoms with Gasteiger partial charge < -0.3 is 0 Å². The molecule has 0 aliphatic carbocycles. The lowest BCUT2D eigenvalue weighted by Crippen LogP contribution is -2.46. The Hall–Kier alpha value is -3.97. The van der Waals surface area contributed by atoms with Crippen LogP contribution in [0.4, 0.5) is 10.1 Å². The van der Waals surface area contributed by atoms with Gasteiger partial charge in [0.15, 0.2) is 0 Å². The molecule has 4 aromatic rings. The highest BCUT2D eigenvalue weighted by molar-refractivity contribution is 7.89. The fourth-order valence-corrected chi connectivity index (χ4v) is 6.83. The molecule has 40 heavy (non-hydrogen) atoms. The zero-order valence-electron chi connectivity index (χ0n) is 21.0. The van der Waals surface area contributed by atoms with E-state index in [2.05, 4.69) is 0 Å². The van der Waals surface area contributed by atoms with Crippen molar-refractivity contribution in [3.05, 3.63) is 102 Å². The Bertz CT molecular complexity index is 1830. The second kappa shape index (κ2) is 10.5. The number of carbonyl (C=O) groups is 2. The molecule has 206 valence electrons. The van der Waals surface area contributed by atoms with Crippen molar-refractivity contribution in [3.63, 3.8) is 0 Å². The van der Waals surface area contributed by atoms with Crippen molar-refractivity contribution in [2.45, 2.75) is 28.7 Å². The molecule has 0 bridgehead atoms. The molecule has 0 aromatic heterocycles. The van der Waals surface area contributed by atoms with E-state index in [9.17, 15) is 30.8 Å². The molecule has 1 saturated heterocycles.